The largest absolute Gasteiger partial charge is 0.344 e. The second-order valence-electron chi connectivity index (χ2n) is 5.08. The van der Waals surface area contributed by atoms with Crippen molar-refractivity contribution < 1.29 is 0 Å². The summed E-state index contributed by atoms with van der Waals surface area (Å²) in [6, 6.07) is 4.13. The Morgan fingerprint density at radius 1 is 1.24 bits per heavy atom. The summed E-state index contributed by atoms with van der Waals surface area (Å²) in [7, 11) is 0. The normalized spacial score (nSPS) is 16.4. The van der Waals surface area contributed by atoms with Gasteiger partial charge in [-0.05, 0) is 28.1 Å². The molecule has 0 unspecified atom stereocenters. The fourth-order valence-corrected chi connectivity index (χ4v) is 3.38. The van der Waals surface area contributed by atoms with Crippen molar-refractivity contribution in [2.24, 2.45) is 0 Å². The number of piperazine rings is 1. The third kappa shape index (κ3) is 3.78. The highest BCUT2D eigenvalue weighted by Gasteiger charge is 2.20. The van der Waals surface area contributed by atoms with Crippen LogP contribution in [0.2, 0.25) is 0 Å². The molecule has 0 radical (unpaired) electrons. The Kier molecular flexibility index (Phi) is 4.82. The fourth-order valence-electron chi connectivity index (χ4n) is 2.34. The van der Waals surface area contributed by atoms with Gasteiger partial charge in [-0.1, -0.05) is 6.92 Å². The van der Waals surface area contributed by atoms with Crippen molar-refractivity contribution >= 4 is 32.6 Å². The van der Waals surface area contributed by atoms with Crippen LogP contribution >= 0.6 is 27.5 Å². The molecule has 1 aliphatic rings. The van der Waals surface area contributed by atoms with Crippen LogP contribution in [0, 0.1) is 0 Å². The smallest absolute Gasteiger partial charge is 0.205 e. The number of aryl methyl sites for hydroxylation is 1. The van der Waals surface area contributed by atoms with Crippen LogP contribution in [0.1, 0.15) is 18.4 Å². The molecule has 1 fully saturated rings. The Bertz CT molecular complexity index is 577. The van der Waals surface area contributed by atoms with E-state index in [-0.39, 0.29) is 0 Å². The number of anilines is 1. The summed E-state index contributed by atoms with van der Waals surface area (Å²) in [6.07, 6.45) is 2.77. The number of hydrogen-bond donors (Lipinski definition) is 0. The van der Waals surface area contributed by atoms with Gasteiger partial charge in [0.1, 0.15) is 5.82 Å². The molecule has 3 rings (SSSR count). The van der Waals surface area contributed by atoms with E-state index < -0.39 is 0 Å². The van der Waals surface area contributed by atoms with E-state index in [2.05, 4.69) is 53.1 Å². The van der Waals surface area contributed by atoms with Crippen molar-refractivity contribution in [3.8, 4) is 0 Å². The zero-order valence-electron chi connectivity index (χ0n) is 12.0. The van der Waals surface area contributed by atoms with Gasteiger partial charge in [0.2, 0.25) is 5.13 Å². The highest BCUT2D eigenvalue weighted by Crippen LogP contribution is 2.20. The Labute approximate surface area is 137 Å². The van der Waals surface area contributed by atoms with Crippen LogP contribution < -0.4 is 4.90 Å². The molecule has 0 aromatic carbocycles. The number of aromatic nitrogens is 3. The van der Waals surface area contributed by atoms with Crippen molar-refractivity contribution in [2.75, 3.05) is 31.1 Å². The first kappa shape index (κ1) is 14.9. The predicted molar refractivity (Wildman–Crippen MR) is 88.7 cm³/mol. The van der Waals surface area contributed by atoms with Gasteiger partial charge in [0.15, 0.2) is 0 Å². The molecule has 0 saturated carbocycles. The van der Waals surface area contributed by atoms with E-state index in [4.69, 9.17) is 0 Å². The maximum atomic E-state index is 4.57. The molecular weight excluding hydrogens is 350 g/mol. The maximum Gasteiger partial charge on any atom is 0.205 e. The maximum absolute atomic E-state index is 4.57. The SMILES string of the molecule is CCc1nsc(N2CCN(Cc3ccc(Br)cn3)CC2)n1. The summed E-state index contributed by atoms with van der Waals surface area (Å²) < 4.78 is 5.39. The van der Waals surface area contributed by atoms with Crippen molar-refractivity contribution in [2.45, 2.75) is 19.9 Å². The van der Waals surface area contributed by atoms with Crippen LogP contribution in [0.4, 0.5) is 5.13 Å². The highest BCUT2D eigenvalue weighted by molar-refractivity contribution is 9.10. The molecule has 0 atom stereocenters. The van der Waals surface area contributed by atoms with Gasteiger partial charge < -0.3 is 4.90 Å². The van der Waals surface area contributed by atoms with Gasteiger partial charge in [0.25, 0.3) is 0 Å². The van der Waals surface area contributed by atoms with E-state index in [1.54, 1.807) is 0 Å². The third-order valence-corrected chi connectivity index (χ3v) is 4.87. The van der Waals surface area contributed by atoms with Crippen molar-refractivity contribution in [1.29, 1.82) is 0 Å². The lowest BCUT2D eigenvalue weighted by Gasteiger charge is -2.34. The average molecular weight is 368 g/mol. The predicted octanol–water partition coefficient (Wildman–Crippen LogP) is 2.58. The van der Waals surface area contributed by atoms with Gasteiger partial charge in [-0.25, -0.2) is 4.98 Å². The summed E-state index contributed by atoms with van der Waals surface area (Å²) in [5.74, 6) is 0.955. The molecule has 0 aliphatic carbocycles. The zero-order valence-corrected chi connectivity index (χ0v) is 14.4. The second kappa shape index (κ2) is 6.81. The van der Waals surface area contributed by atoms with Crippen LogP contribution in [0.5, 0.6) is 0 Å². The number of halogens is 1. The Balaban J connectivity index is 1.54. The van der Waals surface area contributed by atoms with E-state index >= 15 is 0 Å². The zero-order chi connectivity index (χ0) is 14.7. The lowest BCUT2D eigenvalue weighted by Crippen LogP contribution is -2.46. The monoisotopic (exact) mass is 367 g/mol. The lowest BCUT2D eigenvalue weighted by atomic mass is 10.3. The molecule has 3 heterocycles. The van der Waals surface area contributed by atoms with E-state index in [0.717, 1.165) is 60.3 Å². The molecule has 7 heteroatoms. The summed E-state index contributed by atoms with van der Waals surface area (Å²) in [5.41, 5.74) is 1.12. The number of rotatable bonds is 4. The van der Waals surface area contributed by atoms with Gasteiger partial charge in [-0.2, -0.15) is 4.37 Å². The molecule has 2 aromatic rings. The van der Waals surface area contributed by atoms with Crippen LogP contribution in [0.25, 0.3) is 0 Å². The third-order valence-electron chi connectivity index (χ3n) is 3.59. The molecule has 0 N–H and O–H groups in total. The van der Waals surface area contributed by atoms with Crippen LogP contribution in [0.15, 0.2) is 22.8 Å². The molecular formula is C14H18BrN5S. The first-order valence-corrected chi connectivity index (χ1v) is 8.71. The Morgan fingerprint density at radius 3 is 2.67 bits per heavy atom. The first-order chi connectivity index (χ1) is 10.2. The molecule has 21 heavy (non-hydrogen) atoms. The molecule has 1 saturated heterocycles. The Hall–Kier alpha value is -1.05. The molecule has 112 valence electrons. The summed E-state index contributed by atoms with van der Waals surface area (Å²) >= 11 is 4.93. The topological polar surface area (TPSA) is 45.2 Å². The minimum absolute atomic E-state index is 0.908. The van der Waals surface area contributed by atoms with E-state index in [1.165, 1.54) is 11.5 Å². The van der Waals surface area contributed by atoms with Crippen LogP contribution in [-0.2, 0) is 13.0 Å². The van der Waals surface area contributed by atoms with E-state index in [0.29, 0.717) is 0 Å². The van der Waals surface area contributed by atoms with Gasteiger partial charge in [0.05, 0.1) is 5.69 Å². The molecule has 0 amide bonds. The molecule has 5 nitrogen and oxygen atoms in total. The lowest BCUT2D eigenvalue weighted by molar-refractivity contribution is 0.247. The number of pyridine rings is 1. The van der Waals surface area contributed by atoms with Crippen LogP contribution in [-0.4, -0.2) is 45.4 Å². The van der Waals surface area contributed by atoms with Crippen molar-refractivity contribution in [3.05, 3.63) is 34.3 Å². The summed E-state index contributed by atoms with van der Waals surface area (Å²) in [4.78, 5) is 13.8. The molecule has 0 spiro atoms. The van der Waals surface area contributed by atoms with Gasteiger partial charge >= 0.3 is 0 Å². The highest BCUT2D eigenvalue weighted by atomic mass is 79.9. The van der Waals surface area contributed by atoms with Crippen molar-refractivity contribution in [3.63, 3.8) is 0 Å². The van der Waals surface area contributed by atoms with Crippen molar-refractivity contribution in [1.82, 2.24) is 19.2 Å². The summed E-state index contributed by atoms with van der Waals surface area (Å²) in [6.45, 7) is 7.10. The molecule has 1 aliphatic heterocycles. The quantitative estimate of drug-likeness (QED) is 0.830. The minimum Gasteiger partial charge on any atom is -0.344 e. The second-order valence-corrected chi connectivity index (χ2v) is 6.72. The number of nitrogens with zero attached hydrogens (tertiary/aromatic N) is 5. The number of hydrogen-bond acceptors (Lipinski definition) is 6. The molecule has 0 bridgehead atoms. The standard InChI is InChI=1S/C14H18BrN5S/c1-2-13-17-14(21-18-13)20-7-5-19(6-8-20)10-12-4-3-11(15)9-16-12/h3-4,9H,2,5-8,10H2,1H3. The van der Waals surface area contributed by atoms with Gasteiger partial charge in [-0.3, -0.25) is 9.88 Å². The average Bonchev–Trinajstić information content (AvgIpc) is 2.99. The fraction of sp³-hybridized carbons (Fsp3) is 0.500. The first-order valence-electron chi connectivity index (χ1n) is 7.15. The van der Waals surface area contributed by atoms with Crippen LogP contribution in [0.3, 0.4) is 0 Å². The van der Waals surface area contributed by atoms with Gasteiger partial charge in [-0.15, -0.1) is 0 Å². The van der Waals surface area contributed by atoms with E-state index in [1.807, 2.05) is 12.3 Å². The van der Waals surface area contributed by atoms with E-state index in [9.17, 15) is 0 Å². The van der Waals surface area contributed by atoms with Gasteiger partial charge in [0, 0.05) is 61.3 Å². The molecule has 2 aromatic heterocycles. The summed E-state index contributed by atoms with van der Waals surface area (Å²) in [5, 5.41) is 1.06. The minimum atomic E-state index is 0.908. The Morgan fingerprint density at radius 2 is 2.05 bits per heavy atom.